The number of benzene rings is 3. The Morgan fingerprint density at radius 2 is 1.78 bits per heavy atom. The van der Waals surface area contributed by atoms with Crippen LogP contribution in [0.3, 0.4) is 0 Å². The van der Waals surface area contributed by atoms with Gasteiger partial charge in [0.15, 0.2) is 22.5 Å². The number of fused-ring (bicyclic) bond motifs is 1. The Morgan fingerprint density at radius 1 is 1.00 bits per heavy atom. The number of halogens is 1. The highest BCUT2D eigenvalue weighted by Crippen LogP contribution is 2.34. The lowest BCUT2D eigenvalue weighted by Crippen LogP contribution is -2.14. The third kappa shape index (κ3) is 4.15. The van der Waals surface area contributed by atoms with Gasteiger partial charge in [-0.15, -0.1) is 10.2 Å². The number of amides is 1. The molecule has 0 radical (unpaired) electrons. The number of thioether (sulfide) groups is 1. The maximum Gasteiger partial charge on any atom is 0.234 e. The van der Waals surface area contributed by atoms with E-state index in [1.807, 2.05) is 34.9 Å². The third-order valence-electron chi connectivity index (χ3n) is 4.74. The molecule has 1 aliphatic rings. The predicted molar refractivity (Wildman–Crippen MR) is 119 cm³/mol. The molecule has 0 saturated heterocycles. The van der Waals surface area contributed by atoms with Crippen molar-refractivity contribution in [2.45, 2.75) is 5.16 Å². The molecule has 0 atom stereocenters. The molecule has 7 nitrogen and oxygen atoms in total. The van der Waals surface area contributed by atoms with E-state index in [1.54, 1.807) is 30.3 Å². The number of hydrogen-bond donors (Lipinski definition) is 1. The number of aromatic nitrogens is 3. The van der Waals surface area contributed by atoms with Gasteiger partial charge in [0.2, 0.25) is 12.7 Å². The average molecular weight is 448 g/mol. The first-order valence-corrected chi connectivity index (χ1v) is 10.7. The van der Waals surface area contributed by atoms with E-state index >= 15 is 0 Å². The number of rotatable bonds is 6. The molecule has 1 aromatic heterocycles. The number of carbonyl (C=O) groups excluding carboxylic acids is 1. The van der Waals surface area contributed by atoms with Crippen LogP contribution in [0.2, 0.25) is 0 Å². The summed E-state index contributed by atoms with van der Waals surface area (Å²) in [5, 5.41) is 12.0. The molecule has 4 aromatic rings. The highest BCUT2D eigenvalue weighted by atomic mass is 32.2. The second-order valence-corrected chi connectivity index (χ2v) is 7.83. The van der Waals surface area contributed by atoms with Crippen LogP contribution >= 0.6 is 11.8 Å². The van der Waals surface area contributed by atoms with Gasteiger partial charge >= 0.3 is 0 Å². The van der Waals surface area contributed by atoms with Crippen molar-refractivity contribution in [3.05, 3.63) is 78.6 Å². The smallest absolute Gasteiger partial charge is 0.234 e. The standard InChI is InChI=1S/C23H17FN4O3S/c24-16-6-9-18(10-7-16)28-22(15-4-2-1-3-5-15)26-27-23(28)32-13-21(29)25-17-8-11-19-20(12-17)31-14-30-19/h1-12H,13-14H2,(H,25,29). The van der Waals surface area contributed by atoms with Crippen LogP contribution in [-0.2, 0) is 4.79 Å². The average Bonchev–Trinajstić information content (AvgIpc) is 3.45. The van der Waals surface area contributed by atoms with Gasteiger partial charge in [0, 0.05) is 23.0 Å². The number of nitrogens with one attached hydrogen (secondary N) is 1. The normalized spacial score (nSPS) is 12.0. The Balaban J connectivity index is 1.37. The summed E-state index contributed by atoms with van der Waals surface area (Å²) in [5.74, 6) is 1.43. The first kappa shape index (κ1) is 20.1. The Kier molecular flexibility index (Phi) is 5.47. The SMILES string of the molecule is O=C(CSc1nnc(-c2ccccc2)n1-c1ccc(F)cc1)Nc1ccc2c(c1)OCO2. The molecule has 5 rings (SSSR count). The Morgan fingerprint density at radius 3 is 2.59 bits per heavy atom. The second-order valence-electron chi connectivity index (χ2n) is 6.89. The maximum atomic E-state index is 13.5. The van der Waals surface area contributed by atoms with Crippen molar-refractivity contribution in [1.29, 1.82) is 0 Å². The number of nitrogens with zero attached hydrogens (tertiary/aromatic N) is 3. The molecule has 3 aromatic carbocycles. The molecule has 0 aliphatic carbocycles. The lowest BCUT2D eigenvalue weighted by molar-refractivity contribution is -0.113. The monoisotopic (exact) mass is 448 g/mol. The first-order chi connectivity index (χ1) is 15.7. The van der Waals surface area contributed by atoms with Crippen molar-refractivity contribution in [3.63, 3.8) is 0 Å². The van der Waals surface area contributed by atoms with Crippen LogP contribution in [0.25, 0.3) is 17.1 Å². The van der Waals surface area contributed by atoms with E-state index in [9.17, 15) is 9.18 Å². The van der Waals surface area contributed by atoms with E-state index in [1.165, 1.54) is 23.9 Å². The molecule has 32 heavy (non-hydrogen) atoms. The highest BCUT2D eigenvalue weighted by Gasteiger charge is 2.18. The molecule has 0 saturated carbocycles. The van der Waals surface area contributed by atoms with Crippen LogP contribution in [0.5, 0.6) is 11.5 Å². The summed E-state index contributed by atoms with van der Waals surface area (Å²) in [5.41, 5.74) is 2.18. The van der Waals surface area contributed by atoms with E-state index in [0.717, 1.165) is 5.56 Å². The summed E-state index contributed by atoms with van der Waals surface area (Å²) in [6.45, 7) is 0.172. The molecular formula is C23H17FN4O3S. The van der Waals surface area contributed by atoms with Gasteiger partial charge in [-0.3, -0.25) is 9.36 Å². The molecule has 9 heteroatoms. The predicted octanol–water partition coefficient (Wildman–Crippen LogP) is 4.53. The lowest BCUT2D eigenvalue weighted by atomic mass is 10.2. The summed E-state index contributed by atoms with van der Waals surface area (Å²) in [4.78, 5) is 12.5. The van der Waals surface area contributed by atoms with Gasteiger partial charge in [0.05, 0.1) is 5.75 Å². The molecule has 2 heterocycles. The van der Waals surface area contributed by atoms with E-state index in [-0.39, 0.29) is 24.3 Å². The molecule has 0 bridgehead atoms. The van der Waals surface area contributed by atoms with Crippen LogP contribution in [0.1, 0.15) is 0 Å². The fourth-order valence-corrected chi connectivity index (χ4v) is 4.01. The van der Waals surface area contributed by atoms with Crippen LogP contribution in [0.4, 0.5) is 10.1 Å². The number of hydrogen-bond acceptors (Lipinski definition) is 6. The summed E-state index contributed by atoms with van der Waals surface area (Å²) in [6.07, 6.45) is 0. The molecule has 0 fully saturated rings. The number of ether oxygens (including phenoxy) is 2. The Labute approximate surface area is 187 Å². The van der Waals surface area contributed by atoms with Crippen molar-refractivity contribution in [1.82, 2.24) is 14.8 Å². The van der Waals surface area contributed by atoms with Gasteiger partial charge < -0.3 is 14.8 Å². The first-order valence-electron chi connectivity index (χ1n) is 9.76. The number of carbonyl (C=O) groups is 1. The van der Waals surface area contributed by atoms with Crippen LogP contribution in [-0.4, -0.2) is 33.2 Å². The van der Waals surface area contributed by atoms with Crippen LogP contribution in [0.15, 0.2) is 78.0 Å². The zero-order chi connectivity index (χ0) is 21.9. The van der Waals surface area contributed by atoms with E-state index in [4.69, 9.17) is 9.47 Å². The minimum Gasteiger partial charge on any atom is -0.454 e. The van der Waals surface area contributed by atoms with Gasteiger partial charge in [-0.25, -0.2) is 4.39 Å². The fourth-order valence-electron chi connectivity index (χ4n) is 3.26. The quantitative estimate of drug-likeness (QED) is 0.437. The maximum absolute atomic E-state index is 13.5. The summed E-state index contributed by atoms with van der Waals surface area (Å²) >= 11 is 1.24. The largest absolute Gasteiger partial charge is 0.454 e. The lowest BCUT2D eigenvalue weighted by Gasteiger charge is -2.11. The number of anilines is 1. The van der Waals surface area contributed by atoms with Crippen LogP contribution in [0, 0.1) is 5.82 Å². The van der Waals surface area contributed by atoms with Gasteiger partial charge in [-0.05, 0) is 36.4 Å². The van der Waals surface area contributed by atoms with Crippen molar-refractivity contribution in [2.75, 3.05) is 17.9 Å². The van der Waals surface area contributed by atoms with Crippen molar-refractivity contribution in [3.8, 4) is 28.6 Å². The van der Waals surface area contributed by atoms with E-state index in [2.05, 4.69) is 15.5 Å². The van der Waals surface area contributed by atoms with E-state index in [0.29, 0.717) is 33.9 Å². The van der Waals surface area contributed by atoms with Gasteiger partial charge in [0.25, 0.3) is 0 Å². The molecule has 1 aliphatic heterocycles. The molecular weight excluding hydrogens is 431 g/mol. The molecule has 160 valence electrons. The summed E-state index contributed by atoms with van der Waals surface area (Å²) in [6, 6.07) is 20.9. The zero-order valence-corrected chi connectivity index (χ0v) is 17.5. The minimum absolute atomic E-state index is 0.114. The summed E-state index contributed by atoms with van der Waals surface area (Å²) in [7, 11) is 0. The van der Waals surface area contributed by atoms with Crippen molar-refractivity contribution in [2.24, 2.45) is 0 Å². The van der Waals surface area contributed by atoms with Crippen molar-refractivity contribution < 1.29 is 18.7 Å². The van der Waals surface area contributed by atoms with Gasteiger partial charge in [-0.2, -0.15) is 0 Å². The minimum atomic E-state index is -0.333. The topological polar surface area (TPSA) is 78.3 Å². The Hall–Kier alpha value is -3.85. The summed E-state index contributed by atoms with van der Waals surface area (Å²) < 4.78 is 25.9. The third-order valence-corrected chi connectivity index (χ3v) is 5.67. The Bertz CT molecular complexity index is 1260. The fraction of sp³-hybridized carbons (Fsp3) is 0.0870. The van der Waals surface area contributed by atoms with Gasteiger partial charge in [0.1, 0.15) is 5.82 Å². The molecule has 0 unspecified atom stereocenters. The van der Waals surface area contributed by atoms with Crippen LogP contribution < -0.4 is 14.8 Å². The van der Waals surface area contributed by atoms with E-state index < -0.39 is 0 Å². The molecule has 0 spiro atoms. The zero-order valence-electron chi connectivity index (χ0n) is 16.7. The highest BCUT2D eigenvalue weighted by molar-refractivity contribution is 7.99. The molecule has 1 amide bonds. The van der Waals surface area contributed by atoms with Crippen molar-refractivity contribution >= 4 is 23.4 Å². The molecule has 1 N–H and O–H groups in total. The second kappa shape index (κ2) is 8.72. The van der Waals surface area contributed by atoms with Gasteiger partial charge in [-0.1, -0.05) is 42.1 Å².